The summed E-state index contributed by atoms with van der Waals surface area (Å²) in [4.78, 5) is 16.3. The van der Waals surface area contributed by atoms with Gasteiger partial charge in [0.2, 0.25) is 0 Å². The van der Waals surface area contributed by atoms with Gasteiger partial charge in [0.15, 0.2) is 0 Å². The van der Waals surface area contributed by atoms with E-state index in [1.165, 1.54) is 4.88 Å². The molecule has 20 heavy (non-hydrogen) atoms. The quantitative estimate of drug-likeness (QED) is 0.773. The number of hydrogen-bond acceptors (Lipinski definition) is 3. The van der Waals surface area contributed by atoms with Crippen molar-refractivity contribution in [1.29, 1.82) is 0 Å². The van der Waals surface area contributed by atoms with Crippen LogP contribution in [0.3, 0.4) is 0 Å². The van der Waals surface area contributed by atoms with Crippen molar-refractivity contribution in [3.8, 4) is 0 Å². The Morgan fingerprint density at radius 1 is 1.20 bits per heavy atom. The Bertz CT molecular complexity index is 775. The molecular formula is C16H16N2OS. The van der Waals surface area contributed by atoms with Gasteiger partial charge in [0.05, 0.1) is 0 Å². The molecule has 3 rings (SSSR count). The zero-order chi connectivity index (χ0) is 13.9. The van der Waals surface area contributed by atoms with Crippen molar-refractivity contribution >= 4 is 22.2 Å². The first-order valence-electron chi connectivity index (χ1n) is 6.58. The monoisotopic (exact) mass is 284 g/mol. The van der Waals surface area contributed by atoms with E-state index in [9.17, 15) is 4.79 Å². The van der Waals surface area contributed by atoms with Crippen molar-refractivity contribution in [2.75, 3.05) is 0 Å². The zero-order valence-corrected chi connectivity index (χ0v) is 12.1. The molecule has 102 valence electrons. The molecule has 0 fully saturated rings. The highest BCUT2D eigenvalue weighted by molar-refractivity contribution is 7.09. The van der Waals surface area contributed by atoms with Gasteiger partial charge in [-0.3, -0.25) is 4.79 Å². The Morgan fingerprint density at radius 3 is 2.90 bits per heavy atom. The third-order valence-electron chi connectivity index (χ3n) is 3.27. The van der Waals surface area contributed by atoms with Crippen LogP contribution in [0, 0.1) is 6.92 Å². The first kappa shape index (κ1) is 13.1. The van der Waals surface area contributed by atoms with E-state index in [-0.39, 0.29) is 5.56 Å². The lowest BCUT2D eigenvalue weighted by molar-refractivity contribution is 0.696. The maximum atomic E-state index is 12.0. The van der Waals surface area contributed by atoms with Crippen molar-refractivity contribution in [3.63, 3.8) is 0 Å². The minimum Gasteiger partial charge on any atom is -0.322 e. The van der Waals surface area contributed by atoms with E-state index < -0.39 is 0 Å². The van der Waals surface area contributed by atoms with Gasteiger partial charge in [0.25, 0.3) is 5.56 Å². The number of pyridine rings is 1. The van der Waals surface area contributed by atoms with Crippen molar-refractivity contribution in [2.24, 2.45) is 0 Å². The molecule has 0 unspecified atom stereocenters. The van der Waals surface area contributed by atoms with Crippen LogP contribution in [0.1, 0.15) is 16.0 Å². The molecule has 0 aliphatic heterocycles. The normalized spacial score (nSPS) is 11.1. The molecule has 0 radical (unpaired) electrons. The molecule has 0 bridgehead atoms. The highest BCUT2D eigenvalue weighted by Gasteiger charge is 2.03. The van der Waals surface area contributed by atoms with Gasteiger partial charge in [-0.15, -0.1) is 11.3 Å². The summed E-state index contributed by atoms with van der Waals surface area (Å²) in [5.74, 6) is 0. The van der Waals surface area contributed by atoms with Gasteiger partial charge >= 0.3 is 0 Å². The van der Waals surface area contributed by atoms with Crippen LogP contribution in [-0.2, 0) is 13.1 Å². The average Bonchev–Trinajstić information content (AvgIpc) is 2.93. The van der Waals surface area contributed by atoms with Crippen LogP contribution < -0.4 is 10.9 Å². The van der Waals surface area contributed by atoms with Gasteiger partial charge in [-0.1, -0.05) is 18.2 Å². The lowest BCUT2D eigenvalue weighted by Gasteiger charge is -2.05. The van der Waals surface area contributed by atoms with Gasteiger partial charge in [0, 0.05) is 29.0 Å². The van der Waals surface area contributed by atoms with Gasteiger partial charge in [-0.2, -0.15) is 0 Å². The first-order chi connectivity index (χ1) is 9.72. The van der Waals surface area contributed by atoms with Gasteiger partial charge in [-0.05, 0) is 41.5 Å². The highest BCUT2D eigenvalue weighted by Crippen LogP contribution is 2.13. The molecule has 0 spiro atoms. The maximum absolute atomic E-state index is 12.0. The number of rotatable bonds is 4. The lowest BCUT2D eigenvalue weighted by atomic mass is 10.1. The first-order valence-corrected chi connectivity index (χ1v) is 7.46. The van der Waals surface area contributed by atoms with Crippen LogP contribution in [-0.4, -0.2) is 4.98 Å². The number of fused-ring (bicyclic) bond motifs is 1. The molecule has 3 nitrogen and oxygen atoms in total. The molecule has 3 aromatic rings. The third kappa shape index (κ3) is 2.81. The number of thiophene rings is 1. The largest absolute Gasteiger partial charge is 0.322 e. The zero-order valence-electron chi connectivity index (χ0n) is 11.3. The van der Waals surface area contributed by atoms with Gasteiger partial charge in [0.1, 0.15) is 0 Å². The number of aryl methyl sites for hydroxylation is 1. The molecule has 1 aromatic carbocycles. The summed E-state index contributed by atoms with van der Waals surface area (Å²) >= 11 is 1.72. The van der Waals surface area contributed by atoms with Gasteiger partial charge in [-0.25, -0.2) is 0 Å². The number of aromatic amines is 1. The molecule has 0 aliphatic carbocycles. The molecule has 0 saturated heterocycles. The Balaban J connectivity index is 1.79. The van der Waals surface area contributed by atoms with E-state index in [2.05, 4.69) is 27.8 Å². The molecule has 0 amide bonds. The number of aromatic nitrogens is 1. The minimum absolute atomic E-state index is 0.0122. The van der Waals surface area contributed by atoms with E-state index in [1.54, 1.807) is 11.3 Å². The van der Waals surface area contributed by atoms with Crippen LogP contribution in [0.4, 0.5) is 0 Å². The fourth-order valence-electron chi connectivity index (χ4n) is 2.22. The van der Waals surface area contributed by atoms with E-state index in [0.29, 0.717) is 6.54 Å². The van der Waals surface area contributed by atoms with Crippen LogP contribution in [0.25, 0.3) is 10.9 Å². The van der Waals surface area contributed by atoms with Crippen molar-refractivity contribution in [3.05, 3.63) is 68.1 Å². The van der Waals surface area contributed by atoms with E-state index in [0.717, 1.165) is 28.6 Å². The Hall–Kier alpha value is -1.91. The topological polar surface area (TPSA) is 44.9 Å². The summed E-state index contributed by atoms with van der Waals surface area (Å²) in [6.07, 6.45) is 0. The summed E-state index contributed by atoms with van der Waals surface area (Å²) < 4.78 is 0. The van der Waals surface area contributed by atoms with Gasteiger partial charge < -0.3 is 10.3 Å². The smallest absolute Gasteiger partial charge is 0.252 e. The predicted molar refractivity (Wildman–Crippen MR) is 84.2 cm³/mol. The second-order valence-electron chi connectivity index (χ2n) is 4.90. The fraction of sp³-hybridized carbons (Fsp3) is 0.188. The molecule has 4 heteroatoms. The number of nitrogens with one attached hydrogen (secondary N) is 2. The van der Waals surface area contributed by atoms with Crippen LogP contribution in [0.2, 0.25) is 0 Å². The van der Waals surface area contributed by atoms with Crippen LogP contribution in [0.5, 0.6) is 0 Å². The molecule has 0 aliphatic rings. The number of benzene rings is 1. The summed E-state index contributed by atoms with van der Waals surface area (Å²) in [5.41, 5.74) is 2.81. The van der Waals surface area contributed by atoms with Crippen molar-refractivity contribution in [2.45, 2.75) is 20.0 Å². The Morgan fingerprint density at radius 2 is 2.10 bits per heavy atom. The molecular weight excluding hydrogens is 268 g/mol. The summed E-state index contributed by atoms with van der Waals surface area (Å²) in [5, 5.41) is 6.44. The van der Waals surface area contributed by atoms with Crippen LogP contribution >= 0.6 is 11.3 Å². The average molecular weight is 284 g/mol. The SMILES string of the molecule is Cc1ccc2cc(CNCc3cccs3)c(=O)[nH]c2c1. The lowest BCUT2D eigenvalue weighted by Crippen LogP contribution is -2.20. The fourth-order valence-corrected chi connectivity index (χ4v) is 2.90. The molecule has 2 N–H and O–H groups in total. The maximum Gasteiger partial charge on any atom is 0.252 e. The van der Waals surface area contributed by atoms with Crippen LogP contribution in [0.15, 0.2) is 46.6 Å². The third-order valence-corrected chi connectivity index (χ3v) is 4.15. The predicted octanol–water partition coefficient (Wildman–Crippen LogP) is 3.19. The highest BCUT2D eigenvalue weighted by atomic mass is 32.1. The van der Waals surface area contributed by atoms with E-state index in [1.807, 2.05) is 31.2 Å². The molecule has 0 saturated carbocycles. The van der Waals surface area contributed by atoms with Crippen molar-refractivity contribution in [1.82, 2.24) is 10.3 Å². The second kappa shape index (κ2) is 5.61. The minimum atomic E-state index is -0.0122. The summed E-state index contributed by atoms with van der Waals surface area (Å²) in [6, 6.07) is 12.2. The number of hydrogen-bond donors (Lipinski definition) is 2. The van der Waals surface area contributed by atoms with E-state index >= 15 is 0 Å². The second-order valence-corrected chi connectivity index (χ2v) is 5.93. The molecule has 0 atom stereocenters. The van der Waals surface area contributed by atoms with Crippen molar-refractivity contribution < 1.29 is 0 Å². The summed E-state index contributed by atoms with van der Waals surface area (Å²) in [7, 11) is 0. The Kier molecular flexibility index (Phi) is 3.67. The standard InChI is InChI=1S/C16H16N2OS/c1-11-4-5-12-8-13(16(19)18-15(12)7-11)9-17-10-14-3-2-6-20-14/h2-8,17H,9-10H2,1H3,(H,18,19). The van der Waals surface area contributed by atoms with E-state index in [4.69, 9.17) is 0 Å². The Labute approximate surface area is 121 Å². The molecule has 2 heterocycles. The summed E-state index contributed by atoms with van der Waals surface area (Å²) in [6.45, 7) is 3.40. The molecule has 2 aromatic heterocycles. The number of H-pyrrole nitrogens is 1.